The van der Waals surface area contributed by atoms with Gasteiger partial charge in [-0.3, -0.25) is 4.79 Å². The number of rotatable bonds is 13. The Hall–Kier alpha value is -5.68. The van der Waals surface area contributed by atoms with Crippen LogP contribution in [0.4, 0.5) is 0 Å². The van der Waals surface area contributed by atoms with Gasteiger partial charge in [0, 0.05) is 23.8 Å². The maximum atomic E-state index is 14.2. The van der Waals surface area contributed by atoms with Crippen molar-refractivity contribution < 1.29 is 114 Å². The molecule has 24 heteroatoms. The van der Waals surface area contributed by atoms with Gasteiger partial charge in [-0.15, -0.1) is 0 Å². The molecule has 3 aliphatic heterocycles. The standard InChI is InChI=1S/C42H46O24/c43-12-23-29(52)34(57)39(41(61-23)64-37-31(54)27-21(49)10-18(46)11-22(27)60-36(37)16-4-7-19(47)20(48)9-16)66-42-38(33(56)28(51)24(13-44)62-42)65-40-35(58)32(55)30(53)25(63-40)14-59-26(50)8-3-15-1-5-17(45)6-2-15/h1-11,23-25,28-30,32-35,38-49,51-53,55-58H,12-14H2/b8-3+/t23-,24-,25-,28-,29-,30-,32+,33+,34+,35-,38-,39-,40+,41+,42+/m1/s1. The summed E-state index contributed by atoms with van der Waals surface area (Å²) in [5, 5.41) is 147. The van der Waals surface area contributed by atoms with Gasteiger partial charge in [0.25, 0.3) is 0 Å². The number of phenols is 5. The molecule has 3 aliphatic rings. The highest BCUT2D eigenvalue weighted by Crippen LogP contribution is 2.40. The molecule has 66 heavy (non-hydrogen) atoms. The quantitative estimate of drug-likeness (QED) is 0.0363. The molecule has 0 aliphatic carbocycles. The fraction of sp³-hybridized carbons (Fsp3) is 0.429. The zero-order chi connectivity index (χ0) is 47.7. The fourth-order valence-corrected chi connectivity index (χ4v) is 7.39. The van der Waals surface area contributed by atoms with E-state index < -0.39 is 169 Å². The molecule has 1 aromatic heterocycles. The number of hydrogen-bond donors (Lipinski definition) is 14. The maximum absolute atomic E-state index is 14.2. The van der Waals surface area contributed by atoms with Crippen LogP contribution < -0.4 is 10.2 Å². The summed E-state index contributed by atoms with van der Waals surface area (Å²) in [4.78, 5) is 26.7. The number of carbonyl (C=O) groups excluding carboxylic acids is 1. The normalized spacial score (nSPS) is 32.7. The van der Waals surface area contributed by atoms with Gasteiger partial charge in [0.05, 0.1) is 13.2 Å². The first-order valence-electron chi connectivity index (χ1n) is 20.0. The molecule has 24 nitrogen and oxygen atoms in total. The average molecular weight is 935 g/mol. The SMILES string of the molecule is O=C(/C=C/c1ccc(O)cc1)OC[C@H]1O[C@@H](O[C@H]2[C@H](O[C@H]3[C@H](Oc4c(-c5ccc(O)c(O)c5)oc5cc(O)cc(O)c5c4=O)O[C@H](CO)[C@@H](O)[C@@H]3O)O[C@H](CO)[C@@H](O)[C@@H]2O)[C@H](O)[C@@H](O)[C@@H]1O. The molecule has 4 heterocycles. The van der Waals surface area contributed by atoms with E-state index in [2.05, 4.69) is 0 Å². The van der Waals surface area contributed by atoms with Crippen molar-refractivity contribution in [1.82, 2.24) is 0 Å². The second kappa shape index (κ2) is 20.0. The highest BCUT2D eigenvalue weighted by molar-refractivity contribution is 5.88. The van der Waals surface area contributed by atoms with E-state index in [1.54, 1.807) is 0 Å². The van der Waals surface area contributed by atoms with Crippen molar-refractivity contribution in [2.75, 3.05) is 19.8 Å². The number of carbonyl (C=O) groups is 1. The highest BCUT2D eigenvalue weighted by Gasteiger charge is 2.55. The minimum atomic E-state index is -2.17. The summed E-state index contributed by atoms with van der Waals surface area (Å²) in [6.07, 6.45) is -27.5. The van der Waals surface area contributed by atoms with Crippen LogP contribution in [0.2, 0.25) is 0 Å². The van der Waals surface area contributed by atoms with Gasteiger partial charge in [0.1, 0.15) is 102 Å². The third-order valence-corrected chi connectivity index (χ3v) is 11.0. The molecule has 0 amide bonds. The topological polar surface area (TPSA) is 395 Å². The molecular weight excluding hydrogens is 888 g/mol. The van der Waals surface area contributed by atoms with Crippen LogP contribution in [0.3, 0.4) is 0 Å². The maximum Gasteiger partial charge on any atom is 0.330 e. The zero-order valence-corrected chi connectivity index (χ0v) is 34.0. The van der Waals surface area contributed by atoms with Crippen molar-refractivity contribution in [1.29, 1.82) is 0 Å². The van der Waals surface area contributed by atoms with Crippen molar-refractivity contribution in [3.8, 4) is 45.8 Å². The van der Waals surface area contributed by atoms with Crippen molar-refractivity contribution in [2.45, 2.75) is 92.1 Å². The number of phenolic OH excluding ortho intramolecular Hbond substituents is 5. The van der Waals surface area contributed by atoms with Gasteiger partial charge in [0.2, 0.25) is 17.5 Å². The lowest BCUT2D eigenvalue weighted by Crippen LogP contribution is -2.67. The van der Waals surface area contributed by atoms with Crippen molar-refractivity contribution in [3.05, 3.63) is 76.5 Å². The molecule has 3 fully saturated rings. The largest absolute Gasteiger partial charge is 0.508 e. The van der Waals surface area contributed by atoms with Crippen molar-refractivity contribution in [3.63, 3.8) is 0 Å². The predicted octanol–water partition coefficient (Wildman–Crippen LogP) is -2.92. The molecule has 0 bridgehead atoms. The second-order valence-electron chi connectivity index (χ2n) is 15.4. The molecule has 4 aromatic rings. The molecular formula is C42H46O24. The first kappa shape index (κ1) is 48.3. The van der Waals surface area contributed by atoms with Crippen LogP contribution in [-0.4, -0.2) is 189 Å². The summed E-state index contributed by atoms with van der Waals surface area (Å²) >= 11 is 0. The Bertz CT molecular complexity index is 2420. The molecule has 3 aromatic carbocycles. The van der Waals surface area contributed by atoms with Crippen LogP contribution in [0.25, 0.3) is 28.4 Å². The second-order valence-corrected chi connectivity index (χ2v) is 15.4. The van der Waals surface area contributed by atoms with Gasteiger partial charge in [-0.25, -0.2) is 4.79 Å². The van der Waals surface area contributed by atoms with E-state index in [1.165, 1.54) is 36.4 Å². The number of aliphatic hydroxyl groups is 9. The van der Waals surface area contributed by atoms with Gasteiger partial charge < -0.3 is 109 Å². The third-order valence-electron chi connectivity index (χ3n) is 11.0. The van der Waals surface area contributed by atoms with Crippen LogP contribution in [0.15, 0.2) is 69.9 Å². The first-order chi connectivity index (χ1) is 31.4. The van der Waals surface area contributed by atoms with Crippen molar-refractivity contribution >= 4 is 23.0 Å². The molecule has 0 spiro atoms. The first-order valence-corrected chi connectivity index (χ1v) is 20.0. The number of fused-ring (bicyclic) bond motifs is 1. The van der Waals surface area contributed by atoms with Gasteiger partial charge in [-0.2, -0.15) is 0 Å². The summed E-state index contributed by atoms with van der Waals surface area (Å²) in [6, 6.07) is 10.7. The third kappa shape index (κ3) is 9.87. The molecule has 14 N–H and O–H groups in total. The van der Waals surface area contributed by atoms with E-state index in [4.69, 9.17) is 37.6 Å². The Balaban J connectivity index is 1.19. The highest BCUT2D eigenvalue weighted by atomic mass is 16.8. The monoisotopic (exact) mass is 934 g/mol. The van der Waals surface area contributed by atoms with Gasteiger partial charge in [-0.05, 0) is 42.0 Å². The summed E-state index contributed by atoms with van der Waals surface area (Å²) < 4.78 is 45.9. The number of benzene rings is 3. The number of hydrogen-bond acceptors (Lipinski definition) is 24. The lowest BCUT2D eigenvalue weighted by Gasteiger charge is -2.48. The predicted molar refractivity (Wildman–Crippen MR) is 215 cm³/mol. The Kier molecular flexibility index (Phi) is 14.7. The van der Waals surface area contributed by atoms with Gasteiger partial charge >= 0.3 is 5.97 Å². The van der Waals surface area contributed by atoms with E-state index in [0.717, 1.165) is 30.3 Å². The Morgan fingerprint density at radius 2 is 1.20 bits per heavy atom. The number of esters is 1. The molecule has 0 saturated carbocycles. The summed E-state index contributed by atoms with van der Waals surface area (Å²) in [6.45, 7) is -2.70. The van der Waals surface area contributed by atoms with E-state index >= 15 is 0 Å². The Morgan fingerprint density at radius 1 is 0.606 bits per heavy atom. The molecule has 3 saturated heterocycles. The van der Waals surface area contributed by atoms with Gasteiger partial charge in [-0.1, -0.05) is 12.1 Å². The minimum Gasteiger partial charge on any atom is -0.508 e. The average Bonchev–Trinajstić information content (AvgIpc) is 3.29. The van der Waals surface area contributed by atoms with E-state index in [-0.39, 0.29) is 11.3 Å². The Morgan fingerprint density at radius 3 is 1.83 bits per heavy atom. The number of ether oxygens (including phenoxy) is 7. The molecule has 0 unspecified atom stereocenters. The van der Waals surface area contributed by atoms with Crippen LogP contribution >= 0.6 is 0 Å². The van der Waals surface area contributed by atoms with Crippen LogP contribution in [0, 0.1) is 0 Å². The molecule has 7 rings (SSSR count). The van der Waals surface area contributed by atoms with E-state index in [1.807, 2.05) is 0 Å². The fourth-order valence-electron chi connectivity index (χ4n) is 7.39. The summed E-state index contributed by atoms with van der Waals surface area (Å²) in [7, 11) is 0. The van der Waals surface area contributed by atoms with Crippen LogP contribution in [0.5, 0.6) is 34.5 Å². The van der Waals surface area contributed by atoms with Gasteiger partial charge in [0.15, 0.2) is 35.9 Å². The minimum absolute atomic E-state index is 0.0134. The lowest BCUT2D eigenvalue weighted by molar-refractivity contribution is -0.389. The van der Waals surface area contributed by atoms with Crippen LogP contribution in [-0.2, 0) is 33.2 Å². The molecule has 0 radical (unpaired) electrons. The number of aromatic hydroxyl groups is 5. The smallest absolute Gasteiger partial charge is 0.330 e. The summed E-state index contributed by atoms with van der Waals surface area (Å²) in [5.41, 5.74) is -1.21. The Labute approximate surface area is 370 Å². The molecule has 15 atom stereocenters. The van der Waals surface area contributed by atoms with Crippen LogP contribution in [0.1, 0.15) is 5.56 Å². The zero-order valence-electron chi connectivity index (χ0n) is 34.0. The van der Waals surface area contributed by atoms with Crippen molar-refractivity contribution in [2.24, 2.45) is 0 Å². The number of aliphatic hydroxyl groups excluding tert-OH is 9. The van der Waals surface area contributed by atoms with E-state index in [0.29, 0.717) is 5.56 Å². The lowest BCUT2D eigenvalue weighted by atomic mass is 9.96. The molecule has 358 valence electrons. The summed E-state index contributed by atoms with van der Waals surface area (Å²) in [5.74, 6) is -4.96. The van der Waals surface area contributed by atoms with E-state index in [9.17, 15) is 81.1 Å².